The summed E-state index contributed by atoms with van der Waals surface area (Å²) >= 11 is 0. The van der Waals surface area contributed by atoms with Crippen LogP contribution < -0.4 is 15.4 Å². The lowest BCUT2D eigenvalue weighted by Crippen LogP contribution is -2.47. The van der Waals surface area contributed by atoms with Gasteiger partial charge in [-0.3, -0.25) is 9.59 Å². The second-order valence-corrected chi connectivity index (χ2v) is 11.8. The molecule has 6 rings (SSSR count). The van der Waals surface area contributed by atoms with Crippen LogP contribution in [0.15, 0.2) is 108 Å². The van der Waals surface area contributed by atoms with Crippen molar-refractivity contribution in [2.75, 3.05) is 26.2 Å². The number of hydrogen-bond donors (Lipinski definition) is 2. The maximum atomic E-state index is 13.7. The summed E-state index contributed by atoms with van der Waals surface area (Å²) in [5, 5.41) is 5.32. The third-order valence-corrected chi connectivity index (χ3v) is 8.74. The number of amides is 2. The van der Waals surface area contributed by atoms with E-state index in [0.717, 1.165) is 31.5 Å². The van der Waals surface area contributed by atoms with Gasteiger partial charge in [0.25, 0.3) is 5.91 Å². The number of fused-ring (bicyclic) bond motifs is 3. The van der Waals surface area contributed by atoms with Crippen molar-refractivity contribution < 1.29 is 27.5 Å². The van der Waals surface area contributed by atoms with E-state index in [1.807, 2.05) is 60.7 Å². The normalized spacial score (nSPS) is 20.0. The number of benzene rings is 3. The standard InChI is InChI=1S/C37H34F3N3O3/c38-37(39,40)25-41-35(45)36(31-17-7-4-14-28(31)29-15-5-8-18-32(29)36)21-10-11-22-43-23-20-26(24-43)42-34(44)30-16-6-9-19-33(30)46-27-12-2-1-3-13-27/h1-4,6-9,12-14,16-19,26H,10-11,20-25H2,(H,41,45)(H,42,44). The zero-order valence-corrected chi connectivity index (χ0v) is 25.2. The molecule has 3 aliphatic rings. The van der Waals surface area contributed by atoms with Crippen molar-refractivity contribution in [1.29, 1.82) is 0 Å². The molecule has 6 nitrogen and oxygen atoms in total. The molecular weight excluding hydrogens is 591 g/mol. The molecule has 2 N–H and O–H groups in total. The lowest BCUT2D eigenvalue weighted by Gasteiger charge is -2.31. The number of halogens is 3. The molecule has 236 valence electrons. The molecule has 2 amide bonds. The Morgan fingerprint density at radius 1 is 0.978 bits per heavy atom. The molecule has 1 aliphatic heterocycles. The average Bonchev–Trinajstić information content (AvgIpc) is 3.63. The Labute approximate surface area is 265 Å². The molecule has 9 heteroatoms. The van der Waals surface area contributed by atoms with Crippen LogP contribution >= 0.6 is 0 Å². The number of rotatable bonds is 11. The summed E-state index contributed by atoms with van der Waals surface area (Å²) in [4.78, 5) is 29.2. The number of allylic oxidation sites excluding steroid dienone is 3. The predicted octanol–water partition coefficient (Wildman–Crippen LogP) is 6.72. The second kappa shape index (κ2) is 13.3. The Kier molecular flexibility index (Phi) is 9.00. The number of alkyl halides is 3. The number of likely N-dealkylation sites (tertiary alicyclic amines) is 1. The quantitative estimate of drug-likeness (QED) is 0.184. The van der Waals surface area contributed by atoms with Crippen molar-refractivity contribution in [3.63, 3.8) is 0 Å². The summed E-state index contributed by atoms with van der Waals surface area (Å²) < 4.78 is 45.4. The topological polar surface area (TPSA) is 70.7 Å². The monoisotopic (exact) mass is 625 g/mol. The lowest BCUT2D eigenvalue weighted by molar-refractivity contribution is -0.141. The minimum Gasteiger partial charge on any atom is -0.457 e. The highest BCUT2D eigenvalue weighted by Gasteiger charge is 2.51. The molecule has 0 aromatic heterocycles. The number of carbonyl (C=O) groups is 2. The van der Waals surface area contributed by atoms with Gasteiger partial charge in [-0.2, -0.15) is 13.2 Å². The summed E-state index contributed by atoms with van der Waals surface area (Å²) in [7, 11) is 0. The van der Waals surface area contributed by atoms with Gasteiger partial charge in [0, 0.05) is 24.7 Å². The third kappa shape index (κ3) is 6.58. The number of unbranched alkanes of at least 4 members (excludes halogenated alkanes) is 1. The van der Waals surface area contributed by atoms with Crippen molar-refractivity contribution in [3.8, 4) is 11.5 Å². The molecule has 1 fully saturated rings. The molecule has 3 aromatic rings. The van der Waals surface area contributed by atoms with Gasteiger partial charge in [-0.05, 0) is 78.9 Å². The minimum atomic E-state index is -4.52. The first kappa shape index (κ1) is 31.2. The SMILES string of the molecule is O=C(NC1CCN(CCCCC2(C(=O)NCC(F)(F)F)C3=CC=C=C=C3c3ccccc32)C1)c1ccccc1Oc1ccccc1. The van der Waals surface area contributed by atoms with Gasteiger partial charge in [0.2, 0.25) is 5.91 Å². The van der Waals surface area contributed by atoms with E-state index in [2.05, 4.69) is 27.0 Å². The van der Waals surface area contributed by atoms with E-state index in [1.165, 1.54) is 0 Å². The highest BCUT2D eigenvalue weighted by atomic mass is 19.4. The Balaban J connectivity index is 1.08. The zero-order valence-electron chi connectivity index (χ0n) is 25.2. The van der Waals surface area contributed by atoms with Gasteiger partial charge >= 0.3 is 6.18 Å². The Morgan fingerprint density at radius 3 is 2.57 bits per heavy atom. The van der Waals surface area contributed by atoms with E-state index in [9.17, 15) is 22.8 Å². The summed E-state index contributed by atoms with van der Waals surface area (Å²) in [6.45, 7) is 0.836. The molecule has 2 unspecified atom stereocenters. The number of hydrogen-bond acceptors (Lipinski definition) is 4. The van der Waals surface area contributed by atoms with Crippen LogP contribution in [-0.2, 0) is 10.2 Å². The molecule has 2 atom stereocenters. The molecule has 0 radical (unpaired) electrons. The molecule has 0 saturated carbocycles. The van der Waals surface area contributed by atoms with E-state index in [4.69, 9.17) is 4.74 Å². The van der Waals surface area contributed by atoms with Crippen LogP contribution in [0.25, 0.3) is 5.57 Å². The summed E-state index contributed by atoms with van der Waals surface area (Å²) in [5.74, 6) is 0.282. The molecule has 1 saturated heterocycles. The average molecular weight is 626 g/mol. The Hall–Kier alpha value is -4.81. The van der Waals surface area contributed by atoms with E-state index >= 15 is 0 Å². The number of nitrogens with zero attached hydrogens (tertiary/aromatic N) is 1. The van der Waals surface area contributed by atoms with Gasteiger partial charge < -0.3 is 20.3 Å². The van der Waals surface area contributed by atoms with Crippen molar-refractivity contribution in [2.45, 2.75) is 43.3 Å². The predicted molar refractivity (Wildman–Crippen MR) is 169 cm³/mol. The highest BCUT2D eigenvalue weighted by molar-refractivity contribution is 6.05. The maximum absolute atomic E-state index is 13.7. The van der Waals surface area contributed by atoms with Crippen LogP contribution in [0.4, 0.5) is 13.2 Å². The molecule has 1 heterocycles. The highest BCUT2D eigenvalue weighted by Crippen LogP contribution is 2.53. The van der Waals surface area contributed by atoms with Gasteiger partial charge in [0.05, 0.1) is 5.56 Å². The zero-order chi connectivity index (χ0) is 32.1. The largest absolute Gasteiger partial charge is 0.457 e. The van der Waals surface area contributed by atoms with Gasteiger partial charge in [0.15, 0.2) is 0 Å². The number of ether oxygens (including phenoxy) is 1. The first-order chi connectivity index (χ1) is 22.2. The fourth-order valence-corrected chi connectivity index (χ4v) is 6.64. The first-order valence-corrected chi connectivity index (χ1v) is 15.5. The smallest absolute Gasteiger partial charge is 0.405 e. The Morgan fingerprint density at radius 2 is 1.74 bits per heavy atom. The fraction of sp³-hybridized carbons (Fsp3) is 0.297. The molecular formula is C37H34F3N3O3. The van der Waals surface area contributed by atoms with Gasteiger partial charge in [0.1, 0.15) is 23.5 Å². The first-order valence-electron chi connectivity index (χ1n) is 15.5. The van der Waals surface area contributed by atoms with Gasteiger partial charge in [-0.25, -0.2) is 0 Å². The van der Waals surface area contributed by atoms with Crippen LogP contribution in [0.2, 0.25) is 0 Å². The third-order valence-electron chi connectivity index (χ3n) is 8.74. The molecule has 3 aromatic carbocycles. The van der Waals surface area contributed by atoms with Crippen LogP contribution in [0.3, 0.4) is 0 Å². The Bertz CT molecular complexity index is 1750. The number of carbonyl (C=O) groups excluding carboxylic acids is 2. The number of nitrogens with one attached hydrogen (secondary N) is 2. The second-order valence-electron chi connectivity index (χ2n) is 11.8. The molecule has 2 aliphatic carbocycles. The summed E-state index contributed by atoms with van der Waals surface area (Å²) in [6, 6.07) is 23.8. The van der Waals surface area contributed by atoms with Crippen LogP contribution in [0, 0.1) is 0 Å². The van der Waals surface area contributed by atoms with Gasteiger partial charge in [-0.1, -0.05) is 72.5 Å². The molecule has 0 bridgehead atoms. The van der Waals surface area contributed by atoms with Gasteiger partial charge in [-0.15, -0.1) is 0 Å². The summed E-state index contributed by atoms with van der Waals surface area (Å²) in [6.07, 6.45) is 1.41. The fourth-order valence-electron chi connectivity index (χ4n) is 6.64. The van der Waals surface area contributed by atoms with E-state index < -0.39 is 24.0 Å². The van der Waals surface area contributed by atoms with E-state index in [1.54, 1.807) is 30.4 Å². The lowest BCUT2D eigenvalue weighted by atomic mass is 9.72. The summed E-state index contributed by atoms with van der Waals surface area (Å²) in [5.41, 5.74) is 8.09. The van der Waals surface area contributed by atoms with Crippen molar-refractivity contribution in [3.05, 3.63) is 125 Å². The van der Waals surface area contributed by atoms with Crippen molar-refractivity contribution >= 4 is 17.4 Å². The minimum absolute atomic E-state index is 0.0304. The van der Waals surface area contributed by atoms with E-state index in [-0.39, 0.29) is 11.9 Å². The molecule has 0 spiro atoms. The number of para-hydroxylation sites is 2. The van der Waals surface area contributed by atoms with Crippen LogP contribution in [0.1, 0.15) is 47.2 Å². The van der Waals surface area contributed by atoms with E-state index in [0.29, 0.717) is 53.2 Å². The maximum Gasteiger partial charge on any atom is 0.405 e. The van der Waals surface area contributed by atoms with Crippen molar-refractivity contribution in [1.82, 2.24) is 15.5 Å². The van der Waals surface area contributed by atoms with Crippen molar-refractivity contribution in [2.24, 2.45) is 0 Å². The van der Waals surface area contributed by atoms with Crippen LogP contribution in [0.5, 0.6) is 11.5 Å². The molecule has 46 heavy (non-hydrogen) atoms. The van der Waals surface area contributed by atoms with Crippen LogP contribution in [-0.4, -0.2) is 55.1 Å².